The standard InChI is InChI=1S/C21H28N4O2/c1-2-18-15-24(11-12-27-18)19-14-20(26)23-21(22-19)25-10-6-9-17(25)13-16-7-4-3-5-8-16/h3-5,7-8,14,17-18H,2,6,9-13,15H2,1H3,(H,22,23,26)/t17-,18+/m1/s1. The zero-order valence-corrected chi connectivity index (χ0v) is 15.9. The minimum Gasteiger partial charge on any atom is -0.375 e. The van der Waals surface area contributed by atoms with Gasteiger partial charge in [-0.05, 0) is 31.2 Å². The molecule has 27 heavy (non-hydrogen) atoms. The summed E-state index contributed by atoms with van der Waals surface area (Å²) in [6, 6.07) is 12.5. The van der Waals surface area contributed by atoms with Crippen LogP contribution in [0.3, 0.4) is 0 Å². The van der Waals surface area contributed by atoms with E-state index >= 15 is 0 Å². The van der Waals surface area contributed by atoms with Gasteiger partial charge in [0.25, 0.3) is 5.56 Å². The van der Waals surface area contributed by atoms with Crippen LogP contribution in [-0.4, -0.2) is 48.4 Å². The molecule has 6 nitrogen and oxygen atoms in total. The van der Waals surface area contributed by atoms with Gasteiger partial charge in [0.15, 0.2) is 0 Å². The van der Waals surface area contributed by atoms with Crippen LogP contribution >= 0.6 is 0 Å². The first-order valence-corrected chi connectivity index (χ1v) is 10.0. The van der Waals surface area contributed by atoms with Crippen LogP contribution in [0.2, 0.25) is 0 Å². The lowest BCUT2D eigenvalue weighted by Gasteiger charge is -2.34. The van der Waals surface area contributed by atoms with Gasteiger partial charge in [-0.15, -0.1) is 0 Å². The number of benzene rings is 1. The number of H-pyrrole nitrogens is 1. The van der Waals surface area contributed by atoms with E-state index in [9.17, 15) is 4.79 Å². The van der Waals surface area contributed by atoms with Gasteiger partial charge in [-0.3, -0.25) is 9.78 Å². The average Bonchev–Trinajstić information content (AvgIpc) is 3.16. The first kappa shape index (κ1) is 18.0. The van der Waals surface area contributed by atoms with Gasteiger partial charge in [0.05, 0.1) is 12.7 Å². The zero-order valence-electron chi connectivity index (χ0n) is 15.9. The minimum atomic E-state index is -0.0834. The van der Waals surface area contributed by atoms with Crippen molar-refractivity contribution in [2.75, 3.05) is 36.0 Å². The van der Waals surface area contributed by atoms with Crippen LogP contribution in [0.5, 0.6) is 0 Å². The minimum absolute atomic E-state index is 0.0834. The predicted octanol–water partition coefficient (Wildman–Crippen LogP) is 2.60. The molecule has 0 radical (unpaired) electrons. The van der Waals surface area contributed by atoms with E-state index in [2.05, 4.69) is 46.0 Å². The molecule has 2 aromatic rings. The van der Waals surface area contributed by atoms with Gasteiger partial charge in [0, 0.05) is 31.7 Å². The number of morpholine rings is 1. The summed E-state index contributed by atoms with van der Waals surface area (Å²) >= 11 is 0. The largest absolute Gasteiger partial charge is 0.375 e. The van der Waals surface area contributed by atoms with Crippen molar-refractivity contribution in [1.29, 1.82) is 0 Å². The fourth-order valence-corrected chi connectivity index (χ4v) is 4.12. The maximum absolute atomic E-state index is 12.3. The monoisotopic (exact) mass is 368 g/mol. The normalized spacial score (nSPS) is 23.0. The number of hydrogen-bond donors (Lipinski definition) is 1. The lowest BCUT2D eigenvalue weighted by molar-refractivity contribution is 0.0381. The lowest BCUT2D eigenvalue weighted by atomic mass is 10.0. The summed E-state index contributed by atoms with van der Waals surface area (Å²) in [5, 5.41) is 0. The molecular weight excluding hydrogens is 340 g/mol. The highest BCUT2D eigenvalue weighted by Gasteiger charge is 2.28. The Hall–Kier alpha value is -2.34. The molecule has 1 aromatic heterocycles. The molecule has 0 saturated carbocycles. The van der Waals surface area contributed by atoms with E-state index in [1.807, 2.05) is 6.07 Å². The van der Waals surface area contributed by atoms with Crippen LogP contribution in [0.4, 0.5) is 11.8 Å². The molecule has 144 valence electrons. The average molecular weight is 368 g/mol. The topological polar surface area (TPSA) is 61.5 Å². The first-order chi connectivity index (χ1) is 13.2. The molecule has 2 aliphatic rings. The third-order valence-electron chi connectivity index (χ3n) is 5.60. The molecule has 3 heterocycles. The van der Waals surface area contributed by atoms with E-state index in [1.165, 1.54) is 5.56 Å². The van der Waals surface area contributed by atoms with Crippen molar-refractivity contribution in [2.24, 2.45) is 0 Å². The first-order valence-electron chi connectivity index (χ1n) is 10.0. The Balaban J connectivity index is 1.56. The zero-order chi connectivity index (χ0) is 18.6. The van der Waals surface area contributed by atoms with Crippen LogP contribution in [0, 0.1) is 0 Å². The van der Waals surface area contributed by atoms with Crippen LogP contribution in [-0.2, 0) is 11.2 Å². The highest BCUT2D eigenvalue weighted by molar-refractivity contribution is 5.45. The molecule has 4 rings (SSSR count). The highest BCUT2D eigenvalue weighted by atomic mass is 16.5. The predicted molar refractivity (Wildman–Crippen MR) is 108 cm³/mol. The number of aromatic nitrogens is 2. The summed E-state index contributed by atoms with van der Waals surface area (Å²) in [5.41, 5.74) is 1.24. The van der Waals surface area contributed by atoms with Crippen LogP contribution in [0.25, 0.3) is 0 Å². The molecule has 2 fully saturated rings. The summed E-state index contributed by atoms with van der Waals surface area (Å²) in [7, 11) is 0. The highest BCUT2D eigenvalue weighted by Crippen LogP contribution is 2.26. The molecule has 1 N–H and O–H groups in total. The third kappa shape index (κ3) is 4.16. The van der Waals surface area contributed by atoms with E-state index in [1.54, 1.807) is 6.07 Å². The van der Waals surface area contributed by atoms with Gasteiger partial charge < -0.3 is 14.5 Å². The summed E-state index contributed by atoms with van der Waals surface area (Å²) < 4.78 is 5.76. The van der Waals surface area contributed by atoms with Gasteiger partial charge in [-0.25, -0.2) is 0 Å². The number of aromatic amines is 1. The Morgan fingerprint density at radius 3 is 2.93 bits per heavy atom. The Morgan fingerprint density at radius 2 is 2.11 bits per heavy atom. The fraction of sp³-hybridized carbons (Fsp3) is 0.524. The number of rotatable bonds is 5. The quantitative estimate of drug-likeness (QED) is 0.879. The number of hydrogen-bond acceptors (Lipinski definition) is 5. The molecular formula is C21H28N4O2. The van der Waals surface area contributed by atoms with E-state index < -0.39 is 0 Å². The van der Waals surface area contributed by atoms with Crippen molar-refractivity contribution in [3.63, 3.8) is 0 Å². The molecule has 0 spiro atoms. The second-order valence-corrected chi connectivity index (χ2v) is 7.45. The van der Waals surface area contributed by atoms with Crippen molar-refractivity contribution in [3.05, 3.63) is 52.3 Å². The molecule has 0 amide bonds. The maximum Gasteiger partial charge on any atom is 0.254 e. The third-order valence-corrected chi connectivity index (χ3v) is 5.60. The number of nitrogens with one attached hydrogen (secondary N) is 1. The summed E-state index contributed by atoms with van der Waals surface area (Å²) in [6.07, 6.45) is 4.40. The summed E-state index contributed by atoms with van der Waals surface area (Å²) in [6.45, 7) is 5.32. The summed E-state index contributed by atoms with van der Waals surface area (Å²) in [4.78, 5) is 24.6. The van der Waals surface area contributed by atoms with Crippen LogP contribution in [0.15, 0.2) is 41.2 Å². The summed E-state index contributed by atoms with van der Waals surface area (Å²) in [5.74, 6) is 1.47. The second-order valence-electron chi connectivity index (χ2n) is 7.45. The Bertz CT molecular complexity index is 807. The Kier molecular flexibility index (Phi) is 5.43. The molecule has 2 saturated heterocycles. The molecule has 0 bridgehead atoms. The molecule has 0 aliphatic carbocycles. The maximum atomic E-state index is 12.3. The van der Waals surface area contributed by atoms with E-state index in [0.29, 0.717) is 18.6 Å². The van der Waals surface area contributed by atoms with Crippen molar-refractivity contribution < 1.29 is 4.74 Å². The van der Waals surface area contributed by atoms with Crippen molar-refractivity contribution in [1.82, 2.24) is 9.97 Å². The van der Waals surface area contributed by atoms with E-state index in [4.69, 9.17) is 9.72 Å². The smallest absolute Gasteiger partial charge is 0.254 e. The number of ether oxygens (including phenoxy) is 1. The molecule has 6 heteroatoms. The molecule has 1 aromatic carbocycles. The number of nitrogens with zero attached hydrogens (tertiary/aromatic N) is 3. The van der Waals surface area contributed by atoms with Crippen molar-refractivity contribution >= 4 is 11.8 Å². The van der Waals surface area contributed by atoms with Gasteiger partial charge in [0.2, 0.25) is 5.95 Å². The molecule has 2 atom stereocenters. The molecule has 0 unspecified atom stereocenters. The van der Waals surface area contributed by atoms with Crippen molar-refractivity contribution in [2.45, 2.75) is 44.8 Å². The molecule has 2 aliphatic heterocycles. The van der Waals surface area contributed by atoms with Crippen LogP contribution in [0.1, 0.15) is 31.7 Å². The fourth-order valence-electron chi connectivity index (χ4n) is 4.12. The van der Waals surface area contributed by atoms with E-state index in [-0.39, 0.29) is 11.7 Å². The van der Waals surface area contributed by atoms with Gasteiger partial charge in [-0.1, -0.05) is 37.3 Å². The van der Waals surface area contributed by atoms with Gasteiger partial charge in [-0.2, -0.15) is 4.98 Å². The van der Waals surface area contributed by atoms with Crippen LogP contribution < -0.4 is 15.4 Å². The Morgan fingerprint density at radius 1 is 1.26 bits per heavy atom. The SMILES string of the molecule is CC[C@H]1CN(c2cc(=O)[nH]c(N3CCC[C@@H]3Cc3ccccc3)n2)CCO1. The van der Waals surface area contributed by atoms with E-state index in [0.717, 1.165) is 51.1 Å². The van der Waals surface area contributed by atoms with Gasteiger partial charge in [0.1, 0.15) is 5.82 Å². The van der Waals surface area contributed by atoms with Crippen molar-refractivity contribution in [3.8, 4) is 0 Å². The Labute approximate surface area is 160 Å². The lowest BCUT2D eigenvalue weighted by Crippen LogP contribution is -2.43. The van der Waals surface area contributed by atoms with Gasteiger partial charge >= 0.3 is 0 Å². The second kappa shape index (κ2) is 8.13. The number of anilines is 2.